The smallest absolute Gasteiger partial charge is 0.275 e. The van der Waals surface area contributed by atoms with Gasteiger partial charge in [0.1, 0.15) is 0 Å². The van der Waals surface area contributed by atoms with Crippen LogP contribution < -0.4 is 11.1 Å². The van der Waals surface area contributed by atoms with E-state index in [4.69, 9.17) is 0 Å². The van der Waals surface area contributed by atoms with Crippen molar-refractivity contribution in [2.75, 3.05) is 0 Å². The molecule has 0 amide bonds. The summed E-state index contributed by atoms with van der Waals surface area (Å²) in [6, 6.07) is 10.8. The Balaban J connectivity index is 1.61. The largest absolute Gasteiger partial charge is 0.293 e. The van der Waals surface area contributed by atoms with Crippen LogP contribution in [0.25, 0.3) is 16.4 Å². The van der Waals surface area contributed by atoms with Gasteiger partial charge < -0.3 is 0 Å². The molecule has 1 aromatic carbocycles. The molecule has 0 spiro atoms. The highest BCUT2D eigenvalue weighted by molar-refractivity contribution is 5.83. The number of nitrogens with zero attached hydrogens (tertiary/aromatic N) is 4. The van der Waals surface area contributed by atoms with Gasteiger partial charge >= 0.3 is 0 Å². The summed E-state index contributed by atoms with van der Waals surface area (Å²) >= 11 is 0. The minimum absolute atomic E-state index is 0.167. The van der Waals surface area contributed by atoms with E-state index in [1.807, 2.05) is 31.2 Å². The van der Waals surface area contributed by atoms with Crippen molar-refractivity contribution < 1.29 is 0 Å². The van der Waals surface area contributed by atoms with Gasteiger partial charge in [-0.3, -0.25) is 14.7 Å². The van der Waals surface area contributed by atoms with Crippen LogP contribution in [0.3, 0.4) is 0 Å². The highest BCUT2D eigenvalue weighted by atomic mass is 16.1. The minimum Gasteiger partial charge on any atom is -0.293 e. The van der Waals surface area contributed by atoms with Crippen LogP contribution in [0.4, 0.5) is 0 Å². The fraction of sp³-hybridized carbons (Fsp3) is 0.263. The molecule has 1 saturated carbocycles. The maximum absolute atomic E-state index is 12.7. The molecule has 7 nitrogen and oxygen atoms in total. The molecule has 0 atom stereocenters. The molecule has 3 aromatic heterocycles. The van der Waals surface area contributed by atoms with Gasteiger partial charge in [-0.2, -0.15) is 5.10 Å². The van der Waals surface area contributed by atoms with Crippen LogP contribution in [-0.2, 0) is 6.54 Å². The molecule has 1 N–H and O–H groups in total. The predicted octanol–water partition coefficient (Wildman–Crippen LogP) is 1.97. The van der Waals surface area contributed by atoms with E-state index in [1.165, 1.54) is 15.3 Å². The first-order valence-corrected chi connectivity index (χ1v) is 8.68. The monoisotopic (exact) mass is 347 g/mol. The average molecular weight is 347 g/mol. The van der Waals surface area contributed by atoms with Crippen LogP contribution in [0.1, 0.15) is 35.8 Å². The average Bonchev–Trinajstić information content (AvgIpc) is 3.39. The minimum atomic E-state index is -0.180. The van der Waals surface area contributed by atoms with Crippen LogP contribution in [-0.4, -0.2) is 24.4 Å². The molecular weight excluding hydrogens is 330 g/mol. The van der Waals surface area contributed by atoms with Gasteiger partial charge in [0.05, 0.1) is 23.3 Å². The standard InChI is InChI=1S/C19H17N5O2/c1-11-14-4-2-3-5-15(14)19(26)23(21-11)10-13-8-18(25)24-17(20-13)9-16(22-24)12-6-7-12/h2-5,8-9,12,22H,6-7,10H2,1H3. The summed E-state index contributed by atoms with van der Waals surface area (Å²) in [5, 5.41) is 8.98. The number of aromatic nitrogens is 5. The molecule has 3 heterocycles. The maximum Gasteiger partial charge on any atom is 0.275 e. The van der Waals surface area contributed by atoms with Gasteiger partial charge in [-0.1, -0.05) is 18.2 Å². The van der Waals surface area contributed by atoms with Crippen molar-refractivity contribution in [2.45, 2.75) is 32.2 Å². The van der Waals surface area contributed by atoms with E-state index in [0.29, 0.717) is 22.6 Å². The summed E-state index contributed by atoms with van der Waals surface area (Å²) in [6.07, 6.45) is 2.29. The van der Waals surface area contributed by atoms with E-state index in [2.05, 4.69) is 15.2 Å². The molecule has 4 aromatic rings. The molecule has 0 radical (unpaired) electrons. The van der Waals surface area contributed by atoms with Crippen molar-refractivity contribution >= 4 is 16.4 Å². The molecule has 0 saturated heterocycles. The highest BCUT2D eigenvalue weighted by Crippen LogP contribution is 2.39. The lowest BCUT2D eigenvalue weighted by Gasteiger charge is -2.08. The molecule has 1 aliphatic rings. The fourth-order valence-corrected chi connectivity index (χ4v) is 3.41. The van der Waals surface area contributed by atoms with Crippen LogP contribution in [0.5, 0.6) is 0 Å². The van der Waals surface area contributed by atoms with E-state index in [0.717, 1.165) is 29.6 Å². The van der Waals surface area contributed by atoms with Gasteiger partial charge in [0.2, 0.25) is 0 Å². The van der Waals surface area contributed by atoms with Gasteiger partial charge in [0.15, 0.2) is 5.65 Å². The summed E-state index contributed by atoms with van der Waals surface area (Å²) in [7, 11) is 0. The van der Waals surface area contributed by atoms with Gasteiger partial charge in [-0.25, -0.2) is 14.2 Å². The molecule has 7 heteroatoms. The molecule has 26 heavy (non-hydrogen) atoms. The third kappa shape index (κ3) is 2.35. The van der Waals surface area contributed by atoms with Crippen molar-refractivity contribution in [1.82, 2.24) is 24.4 Å². The Labute approximate surface area is 147 Å². The highest BCUT2D eigenvalue weighted by Gasteiger charge is 2.26. The zero-order valence-corrected chi connectivity index (χ0v) is 14.3. The summed E-state index contributed by atoms with van der Waals surface area (Å²) in [5.41, 5.74) is 2.57. The summed E-state index contributed by atoms with van der Waals surface area (Å²) in [5.74, 6) is 0.506. The van der Waals surface area contributed by atoms with Gasteiger partial charge in [0, 0.05) is 29.1 Å². The third-order valence-electron chi connectivity index (χ3n) is 4.90. The molecule has 0 bridgehead atoms. The third-order valence-corrected chi connectivity index (χ3v) is 4.90. The quantitative estimate of drug-likeness (QED) is 0.614. The maximum atomic E-state index is 12.7. The topological polar surface area (TPSA) is 85.0 Å². The summed E-state index contributed by atoms with van der Waals surface area (Å²) in [6.45, 7) is 2.04. The Bertz CT molecular complexity index is 1280. The van der Waals surface area contributed by atoms with Crippen molar-refractivity contribution in [1.29, 1.82) is 0 Å². The van der Waals surface area contributed by atoms with Crippen molar-refractivity contribution in [3.63, 3.8) is 0 Å². The lowest BCUT2D eigenvalue weighted by Crippen LogP contribution is -2.26. The second-order valence-corrected chi connectivity index (χ2v) is 6.86. The molecule has 0 aliphatic heterocycles. The Hall–Kier alpha value is -3.22. The molecule has 5 rings (SSSR count). The number of nitrogens with one attached hydrogen (secondary N) is 1. The van der Waals surface area contributed by atoms with Crippen molar-refractivity contribution in [3.8, 4) is 0 Å². The molecule has 0 unspecified atom stereocenters. The first-order chi connectivity index (χ1) is 12.6. The van der Waals surface area contributed by atoms with E-state index in [1.54, 1.807) is 6.07 Å². The number of aromatic amines is 1. The van der Waals surface area contributed by atoms with Crippen molar-refractivity contribution in [2.24, 2.45) is 0 Å². The van der Waals surface area contributed by atoms with E-state index in [9.17, 15) is 9.59 Å². The molecule has 1 aliphatic carbocycles. The van der Waals surface area contributed by atoms with Crippen LogP contribution in [0.2, 0.25) is 0 Å². The van der Waals surface area contributed by atoms with Crippen molar-refractivity contribution in [3.05, 3.63) is 74.2 Å². The Morgan fingerprint density at radius 3 is 2.69 bits per heavy atom. The van der Waals surface area contributed by atoms with Crippen LogP contribution in [0, 0.1) is 6.92 Å². The Kier molecular flexibility index (Phi) is 3.12. The van der Waals surface area contributed by atoms with Crippen LogP contribution >= 0.6 is 0 Å². The van der Waals surface area contributed by atoms with Gasteiger partial charge in [0.25, 0.3) is 11.1 Å². The molecular formula is C19H17N5O2. The first kappa shape index (κ1) is 15.1. The number of benzene rings is 1. The SMILES string of the molecule is Cc1nn(Cc2cc(=O)n3[nH]c(C4CC4)cc3n2)c(=O)c2ccccc12. The summed E-state index contributed by atoms with van der Waals surface area (Å²) in [4.78, 5) is 29.7. The predicted molar refractivity (Wildman–Crippen MR) is 97.6 cm³/mol. The number of aryl methyl sites for hydroxylation is 1. The van der Waals surface area contributed by atoms with Crippen LogP contribution in [0.15, 0.2) is 46.0 Å². The zero-order chi connectivity index (χ0) is 17.8. The number of hydrogen-bond acceptors (Lipinski definition) is 4. The van der Waals surface area contributed by atoms with Gasteiger partial charge in [-0.15, -0.1) is 0 Å². The Morgan fingerprint density at radius 2 is 1.92 bits per heavy atom. The molecule has 1 fully saturated rings. The van der Waals surface area contributed by atoms with E-state index >= 15 is 0 Å². The molecule has 130 valence electrons. The first-order valence-electron chi connectivity index (χ1n) is 8.68. The van der Waals surface area contributed by atoms with E-state index in [-0.39, 0.29) is 17.7 Å². The number of rotatable bonds is 3. The lowest BCUT2D eigenvalue weighted by atomic mass is 10.1. The number of H-pyrrole nitrogens is 1. The second kappa shape index (κ2) is 5.39. The normalized spacial score (nSPS) is 14.3. The van der Waals surface area contributed by atoms with E-state index < -0.39 is 0 Å². The fourth-order valence-electron chi connectivity index (χ4n) is 3.41. The zero-order valence-electron chi connectivity index (χ0n) is 14.3. The number of hydrogen-bond donors (Lipinski definition) is 1. The number of fused-ring (bicyclic) bond motifs is 2. The second-order valence-electron chi connectivity index (χ2n) is 6.86. The lowest BCUT2D eigenvalue weighted by molar-refractivity contribution is 0.625. The van der Waals surface area contributed by atoms with Gasteiger partial charge in [-0.05, 0) is 25.8 Å². The Morgan fingerprint density at radius 1 is 1.15 bits per heavy atom. The summed E-state index contributed by atoms with van der Waals surface area (Å²) < 4.78 is 2.84.